The van der Waals surface area contributed by atoms with Crippen LogP contribution in [0.15, 0.2) is 10.9 Å². The van der Waals surface area contributed by atoms with Gasteiger partial charge in [0.1, 0.15) is 6.04 Å². The van der Waals surface area contributed by atoms with Gasteiger partial charge in [-0.05, 0) is 38.8 Å². The van der Waals surface area contributed by atoms with E-state index in [-0.39, 0.29) is 28.8 Å². The Balaban J connectivity index is 1.71. The third-order valence-electron chi connectivity index (χ3n) is 4.68. The fourth-order valence-corrected chi connectivity index (χ4v) is 4.84. The predicted octanol–water partition coefficient (Wildman–Crippen LogP) is 1.06. The lowest BCUT2D eigenvalue weighted by atomic mass is 10.1. The summed E-state index contributed by atoms with van der Waals surface area (Å²) in [6.45, 7) is 5.88. The van der Waals surface area contributed by atoms with E-state index in [0.717, 1.165) is 17.7 Å². The van der Waals surface area contributed by atoms with Crippen molar-refractivity contribution in [3.05, 3.63) is 33.2 Å². The number of pyridine rings is 1. The normalized spacial score (nSPS) is 26.5. The van der Waals surface area contributed by atoms with Crippen molar-refractivity contribution < 1.29 is 9.59 Å². The Labute approximate surface area is 139 Å². The average molecular weight is 335 g/mol. The summed E-state index contributed by atoms with van der Waals surface area (Å²) >= 11 is 1.66. The lowest BCUT2D eigenvalue weighted by molar-refractivity contribution is -0.138. The highest BCUT2D eigenvalue weighted by Gasteiger charge is 2.52. The van der Waals surface area contributed by atoms with Gasteiger partial charge in [0, 0.05) is 30.0 Å². The van der Waals surface area contributed by atoms with Gasteiger partial charge in [0.2, 0.25) is 11.8 Å². The van der Waals surface area contributed by atoms with Crippen LogP contribution >= 0.6 is 11.8 Å². The van der Waals surface area contributed by atoms with Crippen molar-refractivity contribution in [1.29, 1.82) is 0 Å². The number of thioether (sulfide) groups is 1. The van der Waals surface area contributed by atoms with Crippen molar-refractivity contribution in [3.8, 4) is 0 Å². The van der Waals surface area contributed by atoms with Gasteiger partial charge in [-0.3, -0.25) is 14.4 Å². The minimum absolute atomic E-state index is 0.0435. The fraction of sp³-hybridized carbons (Fsp3) is 0.562. The van der Waals surface area contributed by atoms with Crippen molar-refractivity contribution in [2.75, 3.05) is 5.75 Å². The maximum Gasteiger partial charge on any atom is 0.253 e. The number of carbonyl (C=O) groups is 2. The molecule has 2 saturated heterocycles. The number of hydrogen-bond acceptors (Lipinski definition) is 4. The number of aryl methyl sites for hydroxylation is 2. The third-order valence-corrected chi connectivity index (χ3v) is 6.19. The van der Waals surface area contributed by atoms with E-state index >= 15 is 0 Å². The largest absolute Gasteiger partial charge is 0.350 e. The highest BCUT2D eigenvalue weighted by atomic mass is 32.2. The molecule has 23 heavy (non-hydrogen) atoms. The maximum atomic E-state index is 12.5. The molecule has 0 saturated carbocycles. The summed E-state index contributed by atoms with van der Waals surface area (Å²) in [5.41, 5.74) is 2.04. The lowest BCUT2D eigenvalue weighted by Crippen LogP contribution is -2.50. The molecule has 3 rings (SSSR count). The number of aromatic nitrogens is 1. The molecule has 7 heteroatoms. The quantitative estimate of drug-likeness (QED) is 0.865. The topological polar surface area (TPSA) is 82.3 Å². The van der Waals surface area contributed by atoms with E-state index in [4.69, 9.17) is 0 Å². The van der Waals surface area contributed by atoms with Crippen LogP contribution in [-0.2, 0) is 16.1 Å². The van der Waals surface area contributed by atoms with Crippen molar-refractivity contribution in [2.45, 2.75) is 51.1 Å². The summed E-state index contributed by atoms with van der Waals surface area (Å²) in [6, 6.07) is 1.44. The second kappa shape index (κ2) is 5.70. The van der Waals surface area contributed by atoms with Crippen molar-refractivity contribution in [3.63, 3.8) is 0 Å². The number of fused-ring (bicyclic) bond motifs is 1. The first-order chi connectivity index (χ1) is 10.8. The second-order valence-corrected chi connectivity index (χ2v) is 7.93. The second-order valence-electron chi connectivity index (χ2n) is 6.43. The molecule has 3 heterocycles. The lowest BCUT2D eigenvalue weighted by Gasteiger charge is -2.29. The summed E-state index contributed by atoms with van der Waals surface area (Å²) in [7, 11) is 0. The zero-order valence-electron chi connectivity index (χ0n) is 13.6. The van der Waals surface area contributed by atoms with Crippen molar-refractivity contribution in [2.24, 2.45) is 0 Å². The minimum atomic E-state index is -0.440. The molecule has 1 aromatic rings. The molecule has 2 unspecified atom stereocenters. The number of H-pyrrole nitrogens is 1. The molecule has 1 aromatic heterocycles. The highest BCUT2D eigenvalue weighted by Crippen LogP contribution is 2.47. The van der Waals surface area contributed by atoms with Gasteiger partial charge in [-0.1, -0.05) is 0 Å². The molecule has 2 atom stereocenters. The van der Waals surface area contributed by atoms with Crippen LogP contribution in [0.2, 0.25) is 0 Å². The Morgan fingerprint density at radius 3 is 2.91 bits per heavy atom. The molecule has 0 spiro atoms. The predicted molar refractivity (Wildman–Crippen MR) is 89.1 cm³/mol. The standard InChI is InChI=1S/C16H21N3O3S/c1-9-6-10(2)18-14(21)11(9)7-17-15(22)12-8-23-16(3)5-4-13(20)19(12)16/h6,12H,4-5,7-8H2,1-3H3,(H,17,22)(H,18,21). The third kappa shape index (κ3) is 2.78. The van der Waals surface area contributed by atoms with Crippen LogP contribution < -0.4 is 10.9 Å². The van der Waals surface area contributed by atoms with Gasteiger partial charge in [-0.15, -0.1) is 11.8 Å². The number of nitrogens with one attached hydrogen (secondary N) is 2. The minimum Gasteiger partial charge on any atom is -0.350 e. The number of rotatable bonds is 3. The van der Waals surface area contributed by atoms with Crippen LogP contribution in [0.4, 0.5) is 0 Å². The molecule has 2 amide bonds. The molecule has 0 radical (unpaired) electrons. The molecule has 0 aliphatic carbocycles. The van der Waals surface area contributed by atoms with Gasteiger partial charge in [0.05, 0.1) is 4.87 Å². The summed E-state index contributed by atoms with van der Waals surface area (Å²) < 4.78 is 0. The first-order valence-corrected chi connectivity index (χ1v) is 8.73. The number of aromatic amines is 1. The number of nitrogens with zero attached hydrogens (tertiary/aromatic N) is 1. The molecule has 0 bridgehead atoms. The molecule has 2 fully saturated rings. The molecular formula is C16H21N3O3S. The average Bonchev–Trinajstić information content (AvgIpc) is 2.95. The van der Waals surface area contributed by atoms with E-state index in [1.165, 1.54) is 0 Å². The first-order valence-electron chi connectivity index (χ1n) is 7.75. The van der Waals surface area contributed by atoms with Gasteiger partial charge in [-0.2, -0.15) is 0 Å². The van der Waals surface area contributed by atoms with Crippen LogP contribution in [0.25, 0.3) is 0 Å². The van der Waals surface area contributed by atoms with E-state index < -0.39 is 6.04 Å². The first kappa shape index (κ1) is 16.1. The van der Waals surface area contributed by atoms with E-state index in [9.17, 15) is 14.4 Å². The molecule has 2 aliphatic rings. The number of carbonyl (C=O) groups excluding carboxylic acids is 2. The van der Waals surface area contributed by atoms with E-state index in [1.54, 1.807) is 16.7 Å². The van der Waals surface area contributed by atoms with Crippen LogP contribution in [0, 0.1) is 13.8 Å². The Hall–Kier alpha value is -1.76. The van der Waals surface area contributed by atoms with Gasteiger partial charge < -0.3 is 15.2 Å². The fourth-order valence-electron chi connectivity index (χ4n) is 3.41. The van der Waals surface area contributed by atoms with Crippen LogP contribution in [0.5, 0.6) is 0 Å². The molecule has 2 N–H and O–H groups in total. The summed E-state index contributed by atoms with van der Waals surface area (Å²) in [6.07, 6.45) is 1.29. The molecule has 2 aliphatic heterocycles. The van der Waals surface area contributed by atoms with Crippen LogP contribution in [0.3, 0.4) is 0 Å². The summed E-state index contributed by atoms with van der Waals surface area (Å²) in [5.74, 6) is 0.468. The van der Waals surface area contributed by atoms with Gasteiger partial charge in [-0.25, -0.2) is 0 Å². The summed E-state index contributed by atoms with van der Waals surface area (Å²) in [5, 5.41) is 2.83. The Morgan fingerprint density at radius 1 is 1.48 bits per heavy atom. The molecule has 0 aromatic carbocycles. The SMILES string of the molecule is Cc1cc(C)c(CNC(=O)C2CSC3(C)CCC(=O)N23)c(=O)[nH]1. The molecule has 124 valence electrons. The Bertz CT molecular complexity index is 730. The maximum absolute atomic E-state index is 12.5. The van der Waals surface area contributed by atoms with Gasteiger partial charge >= 0.3 is 0 Å². The number of hydrogen-bond donors (Lipinski definition) is 2. The highest BCUT2D eigenvalue weighted by molar-refractivity contribution is 8.01. The van der Waals surface area contributed by atoms with Gasteiger partial charge in [0.25, 0.3) is 5.56 Å². The van der Waals surface area contributed by atoms with E-state index in [1.807, 2.05) is 26.8 Å². The summed E-state index contributed by atoms with van der Waals surface area (Å²) in [4.78, 5) is 40.8. The molecular weight excluding hydrogens is 314 g/mol. The zero-order valence-corrected chi connectivity index (χ0v) is 14.4. The zero-order chi connectivity index (χ0) is 16.8. The smallest absolute Gasteiger partial charge is 0.253 e. The number of amides is 2. The van der Waals surface area contributed by atoms with Crippen molar-refractivity contribution in [1.82, 2.24) is 15.2 Å². The molecule has 6 nitrogen and oxygen atoms in total. The monoisotopic (exact) mass is 335 g/mol. The Morgan fingerprint density at radius 2 is 2.22 bits per heavy atom. The van der Waals surface area contributed by atoms with Crippen LogP contribution in [-0.4, -0.2) is 38.4 Å². The Kier molecular flexibility index (Phi) is 4.00. The van der Waals surface area contributed by atoms with Gasteiger partial charge in [0.15, 0.2) is 0 Å². The van der Waals surface area contributed by atoms with E-state index in [0.29, 0.717) is 17.7 Å². The van der Waals surface area contributed by atoms with E-state index in [2.05, 4.69) is 10.3 Å². The van der Waals surface area contributed by atoms with Crippen LogP contribution in [0.1, 0.15) is 36.6 Å². The van der Waals surface area contributed by atoms with Crippen molar-refractivity contribution >= 4 is 23.6 Å².